The number of phenolic OH excluding ortho intramolecular Hbond substituents is 1. The van der Waals surface area contributed by atoms with Crippen molar-refractivity contribution in [1.29, 1.82) is 0 Å². The molecule has 0 spiro atoms. The lowest BCUT2D eigenvalue weighted by Gasteiger charge is -2.06. The number of benzene rings is 1. The highest BCUT2D eigenvalue weighted by Crippen LogP contribution is 2.11. The predicted molar refractivity (Wildman–Crippen MR) is 68.9 cm³/mol. The fourth-order valence-electron chi connectivity index (χ4n) is 1.52. The largest absolute Gasteiger partial charge is 0.508 e. The van der Waals surface area contributed by atoms with E-state index in [-0.39, 0.29) is 5.75 Å². The normalized spacial score (nSPS) is 10.1. The standard InChI is InChI=1S/C13H15N3O2/c1-18-12-7-9-15-13(16-12)14-8-6-10-2-4-11(17)5-3-10/h2-5,7,9,17H,6,8H2,1H3,(H,14,15,16). The SMILES string of the molecule is COc1ccnc(NCCc2ccc(O)cc2)n1. The molecular formula is C13H15N3O2. The van der Waals surface area contributed by atoms with E-state index in [1.807, 2.05) is 12.1 Å². The van der Waals surface area contributed by atoms with E-state index in [4.69, 9.17) is 9.84 Å². The molecule has 2 rings (SSSR count). The minimum Gasteiger partial charge on any atom is -0.508 e. The summed E-state index contributed by atoms with van der Waals surface area (Å²) >= 11 is 0. The van der Waals surface area contributed by atoms with Crippen LogP contribution in [0.25, 0.3) is 0 Å². The van der Waals surface area contributed by atoms with Gasteiger partial charge in [-0.2, -0.15) is 4.98 Å². The van der Waals surface area contributed by atoms with Crippen LogP contribution in [0.1, 0.15) is 5.56 Å². The van der Waals surface area contributed by atoms with Crippen molar-refractivity contribution in [2.24, 2.45) is 0 Å². The summed E-state index contributed by atoms with van der Waals surface area (Å²) in [6.45, 7) is 0.720. The van der Waals surface area contributed by atoms with Gasteiger partial charge >= 0.3 is 0 Å². The first-order valence-electron chi connectivity index (χ1n) is 5.67. The average Bonchev–Trinajstić information content (AvgIpc) is 2.41. The number of hydrogen-bond donors (Lipinski definition) is 2. The zero-order valence-electron chi connectivity index (χ0n) is 10.1. The Balaban J connectivity index is 1.86. The predicted octanol–water partition coefficient (Wildman–Crippen LogP) is 1.85. The van der Waals surface area contributed by atoms with Crippen LogP contribution < -0.4 is 10.1 Å². The van der Waals surface area contributed by atoms with Gasteiger partial charge in [0, 0.05) is 18.8 Å². The van der Waals surface area contributed by atoms with Crippen LogP contribution in [0.15, 0.2) is 36.5 Å². The van der Waals surface area contributed by atoms with Gasteiger partial charge in [-0.25, -0.2) is 4.98 Å². The van der Waals surface area contributed by atoms with E-state index in [1.54, 1.807) is 31.5 Å². The van der Waals surface area contributed by atoms with Crippen molar-refractivity contribution in [2.75, 3.05) is 19.0 Å². The van der Waals surface area contributed by atoms with Crippen LogP contribution in [0.3, 0.4) is 0 Å². The maximum Gasteiger partial charge on any atom is 0.225 e. The first kappa shape index (κ1) is 12.2. The molecule has 2 aromatic rings. The van der Waals surface area contributed by atoms with Crippen molar-refractivity contribution in [3.05, 3.63) is 42.1 Å². The van der Waals surface area contributed by atoms with E-state index in [9.17, 15) is 0 Å². The van der Waals surface area contributed by atoms with Gasteiger partial charge in [-0.05, 0) is 24.1 Å². The molecule has 0 amide bonds. The summed E-state index contributed by atoms with van der Waals surface area (Å²) < 4.78 is 5.01. The highest BCUT2D eigenvalue weighted by Gasteiger charge is 1.98. The monoisotopic (exact) mass is 245 g/mol. The van der Waals surface area contributed by atoms with Crippen molar-refractivity contribution in [3.63, 3.8) is 0 Å². The number of hydrogen-bond acceptors (Lipinski definition) is 5. The molecule has 0 saturated heterocycles. The maximum atomic E-state index is 9.17. The summed E-state index contributed by atoms with van der Waals surface area (Å²) in [7, 11) is 1.57. The zero-order chi connectivity index (χ0) is 12.8. The van der Waals surface area contributed by atoms with Crippen LogP contribution in [0.2, 0.25) is 0 Å². The molecule has 2 N–H and O–H groups in total. The Morgan fingerprint density at radius 1 is 1.22 bits per heavy atom. The van der Waals surface area contributed by atoms with Crippen LogP contribution in [0, 0.1) is 0 Å². The number of phenols is 1. The molecule has 0 fully saturated rings. The second kappa shape index (κ2) is 5.86. The molecule has 0 atom stereocenters. The van der Waals surface area contributed by atoms with Crippen LogP contribution in [-0.4, -0.2) is 28.7 Å². The number of aromatic hydroxyl groups is 1. The fourth-order valence-corrected chi connectivity index (χ4v) is 1.52. The molecule has 94 valence electrons. The second-order valence-corrected chi connectivity index (χ2v) is 3.77. The summed E-state index contributed by atoms with van der Waals surface area (Å²) in [6.07, 6.45) is 2.48. The number of rotatable bonds is 5. The molecule has 1 heterocycles. The van der Waals surface area contributed by atoms with Crippen LogP contribution >= 0.6 is 0 Å². The quantitative estimate of drug-likeness (QED) is 0.841. The van der Waals surface area contributed by atoms with Gasteiger partial charge in [0.15, 0.2) is 0 Å². The van der Waals surface area contributed by atoms with Crippen molar-refractivity contribution in [2.45, 2.75) is 6.42 Å². The lowest BCUT2D eigenvalue weighted by Crippen LogP contribution is -2.08. The van der Waals surface area contributed by atoms with Gasteiger partial charge in [0.2, 0.25) is 11.8 Å². The van der Waals surface area contributed by atoms with Crippen molar-refractivity contribution in [1.82, 2.24) is 9.97 Å². The molecule has 1 aromatic carbocycles. The molecule has 5 heteroatoms. The van der Waals surface area contributed by atoms with Gasteiger partial charge in [-0.15, -0.1) is 0 Å². The van der Waals surface area contributed by atoms with Gasteiger partial charge in [0.1, 0.15) is 5.75 Å². The third-order valence-electron chi connectivity index (χ3n) is 2.47. The van der Waals surface area contributed by atoms with Gasteiger partial charge in [0.25, 0.3) is 0 Å². The number of ether oxygens (including phenoxy) is 1. The molecule has 0 bridgehead atoms. The Morgan fingerprint density at radius 2 is 2.00 bits per heavy atom. The Bertz CT molecular complexity index is 500. The highest BCUT2D eigenvalue weighted by molar-refractivity contribution is 5.29. The second-order valence-electron chi connectivity index (χ2n) is 3.77. The van der Waals surface area contributed by atoms with E-state index in [0.29, 0.717) is 11.8 Å². The molecule has 18 heavy (non-hydrogen) atoms. The lowest BCUT2D eigenvalue weighted by atomic mass is 10.1. The first-order valence-corrected chi connectivity index (χ1v) is 5.67. The molecule has 5 nitrogen and oxygen atoms in total. The third kappa shape index (κ3) is 3.35. The maximum absolute atomic E-state index is 9.17. The van der Waals surface area contributed by atoms with E-state index in [1.165, 1.54) is 0 Å². The molecule has 0 saturated carbocycles. The molecule has 0 radical (unpaired) electrons. The Morgan fingerprint density at radius 3 is 2.72 bits per heavy atom. The van der Waals surface area contributed by atoms with Gasteiger partial charge in [-0.3, -0.25) is 0 Å². The average molecular weight is 245 g/mol. The zero-order valence-corrected chi connectivity index (χ0v) is 10.1. The van der Waals surface area contributed by atoms with E-state index in [0.717, 1.165) is 18.5 Å². The van der Waals surface area contributed by atoms with Crippen molar-refractivity contribution < 1.29 is 9.84 Å². The topological polar surface area (TPSA) is 67.3 Å². The number of anilines is 1. The lowest BCUT2D eigenvalue weighted by molar-refractivity contribution is 0.397. The van der Waals surface area contributed by atoms with Crippen LogP contribution in [0.4, 0.5) is 5.95 Å². The molecule has 0 aliphatic carbocycles. The molecule has 0 aliphatic rings. The fraction of sp³-hybridized carbons (Fsp3) is 0.231. The number of methoxy groups -OCH3 is 1. The molecule has 0 aliphatic heterocycles. The van der Waals surface area contributed by atoms with Gasteiger partial charge in [0.05, 0.1) is 7.11 Å². The van der Waals surface area contributed by atoms with E-state index >= 15 is 0 Å². The Labute approximate surface area is 105 Å². The number of nitrogens with zero attached hydrogens (tertiary/aromatic N) is 2. The summed E-state index contributed by atoms with van der Waals surface area (Å²) in [4.78, 5) is 8.24. The van der Waals surface area contributed by atoms with Crippen LogP contribution in [0.5, 0.6) is 11.6 Å². The molecule has 0 unspecified atom stereocenters. The third-order valence-corrected chi connectivity index (χ3v) is 2.47. The van der Waals surface area contributed by atoms with E-state index in [2.05, 4.69) is 15.3 Å². The minimum absolute atomic E-state index is 0.280. The summed E-state index contributed by atoms with van der Waals surface area (Å²) in [5.41, 5.74) is 1.14. The minimum atomic E-state index is 0.280. The van der Waals surface area contributed by atoms with E-state index < -0.39 is 0 Å². The first-order chi connectivity index (χ1) is 8.78. The summed E-state index contributed by atoms with van der Waals surface area (Å²) in [5, 5.41) is 12.3. The van der Waals surface area contributed by atoms with Crippen molar-refractivity contribution >= 4 is 5.95 Å². The summed E-state index contributed by atoms with van der Waals surface area (Å²) in [5.74, 6) is 1.37. The van der Waals surface area contributed by atoms with Gasteiger partial charge in [-0.1, -0.05) is 12.1 Å². The molecular weight excluding hydrogens is 230 g/mol. The molecule has 1 aromatic heterocycles. The van der Waals surface area contributed by atoms with Crippen molar-refractivity contribution in [3.8, 4) is 11.6 Å². The Hall–Kier alpha value is -2.30. The smallest absolute Gasteiger partial charge is 0.225 e. The van der Waals surface area contributed by atoms with Crippen LogP contribution in [-0.2, 0) is 6.42 Å². The van der Waals surface area contributed by atoms with Gasteiger partial charge < -0.3 is 15.2 Å². The Kier molecular flexibility index (Phi) is 3.96. The number of nitrogens with one attached hydrogen (secondary N) is 1. The number of aromatic nitrogens is 2. The highest BCUT2D eigenvalue weighted by atomic mass is 16.5. The summed E-state index contributed by atoms with van der Waals surface area (Å²) in [6, 6.07) is 8.84.